The molecule has 1 saturated carbocycles. The summed E-state index contributed by atoms with van der Waals surface area (Å²) in [4.78, 5) is 21.1. The maximum absolute atomic E-state index is 11.9. The van der Waals surface area contributed by atoms with Crippen LogP contribution in [-0.2, 0) is 24.1 Å². The highest BCUT2D eigenvalue weighted by molar-refractivity contribution is 5.94. The number of ether oxygens (including phenoxy) is 1. The summed E-state index contributed by atoms with van der Waals surface area (Å²) in [5.74, 6) is 0.369. The van der Waals surface area contributed by atoms with E-state index in [4.69, 9.17) is 10.5 Å². The number of esters is 1. The number of nitrogens with two attached hydrogens (primary N) is 1. The largest absolute Gasteiger partial charge is 0.465 e. The number of methoxy groups -OCH3 is 1. The van der Waals surface area contributed by atoms with Crippen molar-refractivity contribution in [3.05, 3.63) is 58.4 Å². The second kappa shape index (κ2) is 8.87. The van der Waals surface area contributed by atoms with Gasteiger partial charge in [-0.2, -0.15) is 0 Å². The van der Waals surface area contributed by atoms with E-state index in [1.165, 1.54) is 18.2 Å². The lowest BCUT2D eigenvalue weighted by molar-refractivity contribution is 0.0598. The van der Waals surface area contributed by atoms with E-state index in [-0.39, 0.29) is 5.97 Å². The molecule has 6 heteroatoms. The van der Waals surface area contributed by atoms with Crippen LogP contribution in [0.2, 0.25) is 0 Å². The Balaban J connectivity index is 1.77. The minimum Gasteiger partial charge on any atom is -0.465 e. The van der Waals surface area contributed by atoms with Crippen molar-refractivity contribution >= 4 is 17.6 Å². The number of carbonyl (C=O) groups excluding carboxylic acids is 1. The summed E-state index contributed by atoms with van der Waals surface area (Å²) in [6.07, 6.45) is 3.96. The zero-order chi connectivity index (χ0) is 20.1. The Bertz CT molecular complexity index is 866. The Hall–Kier alpha value is -2.89. The number of anilines is 1. The number of benzene rings is 1. The second-order valence-electron chi connectivity index (χ2n) is 6.99. The molecule has 0 amide bonds. The summed E-state index contributed by atoms with van der Waals surface area (Å²) in [6.45, 7) is 4.61. The lowest BCUT2D eigenvalue weighted by atomic mass is 10.0. The maximum atomic E-state index is 11.9. The minimum atomic E-state index is -0.339. The Morgan fingerprint density at radius 1 is 1.21 bits per heavy atom. The van der Waals surface area contributed by atoms with E-state index in [0.717, 1.165) is 42.8 Å². The van der Waals surface area contributed by atoms with Gasteiger partial charge in [-0.25, -0.2) is 9.79 Å². The van der Waals surface area contributed by atoms with Crippen molar-refractivity contribution in [1.82, 2.24) is 4.98 Å². The van der Waals surface area contributed by atoms with E-state index < -0.39 is 0 Å². The number of rotatable bonds is 7. The Kier molecular flexibility index (Phi) is 6.29. The van der Waals surface area contributed by atoms with Gasteiger partial charge in [-0.05, 0) is 48.9 Å². The summed E-state index contributed by atoms with van der Waals surface area (Å²) in [5.41, 5.74) is 11.8. The first-order valence-electron chi connectivity index (χ1n) is 9.83. The van der Waals surface area contributed by atoms with Gasteiger partial charge in [-0.3, -0.25) is 4.98 Å². The van der Waals surface area contributed by atoms with Gasteiger partial charge in [0.05, 0.1) is 30.6 Å². The molecule has 0 bridgehead atoms. The first-order chi connectivity index (χ1) is 13.6. The molecule has 6 nitrogen and oxygen atoms in total. The van der Waals surface area contributed by atoms with Crippen LogP contribution in [0, 0.1) is 0 Å². The van der Waals surface area contributed by atoms with Gasteiger partial charge in [-0.15, -0.1) is 0 Å². The van der Waals surface area contributed by atoms with Crippen LogP contribution in [0.4, 0.5) is 5.69 Å². The van der Waals surface area contributed by atoms with E-state index in [1.807, 2.05) is 6.07 Å². The SMILES string of the molecule is CCc1cccc(CC)c1NC(N)=NCc1ccc(C(=O)OC)c(C2CC2)n1. The van der Waals surface area contributed by atoms with Crippen molar-refractivity contribution in [2.75, 3.05) is 12.4 Å². The number of pyridine rings is 1. The van der Waals surface area contributed by atoms with Crippen molar-refractivity contribution in [3.63, 3.8) is 0 Å². The molecule has 1 aromatic heterocycles. The third kappa shape index (κ3) is 4.50. The Morgan fingerprint density at radius 3 is 2.46 bits per heavy atom. The summed E-state index contributed by atoms with van der Waals surface area (Å²) in [5, 5.41) is 3.27. The summed E-state index contributed by atoms with van der Waals surface area (Å²) in [6, 6.07) is 9.87. The second-order valence-corrected chi connectivity index (χ2v) is 6.99. The fourth-order valence-electron chi connectivity index (χ4n) is 3.29. The minimum absolute atomic E-state index is 0.339. The molecule has 3 N–H and O–H groups in total. The fourth-order valence-corrected chi connectivity index (χ4v) is 3.29. The predicted octanol–water partition coefficient (Wildman–Crippen LogP) is 3.80. The van der Waals surface area contributed by atoms with Gasteiger partial charge in [0.15, 0.2) is 5.96 Å². The number of carbonyl (C=O) groups is 1. The Morgan fingerprint density at radius 2 is 1.89 bits per heavy atom. The van der Waals surface area contributed by atoms with Gasteiger partial charge >= 0.3 is 5.97 Å². The number of aromatic nitrogens is 1. The molecule has 0 unspecified atom stereocenters. The summed E-state index contributed by atoms with van der Waals surface area (Å²) < 4.78 is 4.87. The van der Waals surface area contributed by atoms with Crippen LogP contribution in [-0.4, -0.2) is 24.0 Å². The van der Waals surface area contributed by atoms with E-state index in [1.54, 1.807) is 6.07 Å². The van der Waals surface area contributed by atoms with Gasteiger partial charge in [0.1, 0.15) is 0 Å². The molecular formula is C22H28N4O2. The first kappa shape index (κ1) is 19.9. The predicted molar refractivity (Wildman–Crippen MR) is 112 cm³/mol. The molecule has 148 valence electrons. The molecule has 0 saturated heterocycles. The van der Waals surface area contributed by atoms with Crippen molar-refractivity contribution in [1.29, 1.82) is 0 Å². The van der Waals surface area contributed by atoms with Gasteiger partial charge in [0.25, 0.3) is 0 Å². The maximum Gasteiger partial charge on any atom is 0.339 e. The third-order valence-corrected chi connectivity index (χ3v) is 5.02. The van der Waals surface area contributed by atoms with Crippen LogP contribution in [0.5, 0.6) is 0 Å². The zero-order valence-electron chi connectivity index (χ0n) is 16.8. The van der Waals surface area contributed by atoms with Crippen LogP contribution >= 0.6 is 0 Å². The number of nitrogens with one attached hydrogen (secondary N) is 1. The lowest BCUT2D eigenvalue weighted by Crippen LogP contribution is -2.24. The molecule has 1 heterocycles. The summed E-state index contributed by atoms with van der Waals surface area (Å²) in [7, 11) is 1.39. The number of hydrogen-bond donors (Lipinski definition) is 2. The normalized spacial score (nSPS) is 14.0. The molecule has 1 aliphatic rings. The lowest BCUT2D eigenvalue weighted by Gasteiger charge is -2.15. The quantitative estimate of drug-likeness (QED) is 0.433. The van der Waals surface area contributed by atoms with Crippen LogP contribution in [0.15, 0.2) is 35.3 Å². The Labute approximate surface area is 166 Å². The molecule has 0 spiro atoms. The van der Waals surface area contributed by atoms with Gasteiger partial charge < -0.3 is 15.8 Å². The van der Waals surface area contributed by atoms with Crippen molar-refractivity contribution in [3.8, 4) is 0 Å². The highest BCUT2D eigenvalue weighted by Gasteiger charge is 2.30. The van der Waals surface area contributed by atoms with Gasteiger partial charge in [0, 0.05) is 11.6 Å². The van der Waals surface area contributed by atoms with Gasteiger partial charge in [-0.1, -0.05) is 32.0 Å². The topological polar surface area (TPSA) is 89.6 Å². The van der Waals surface area contributed by atoms with Crippen LogP contribution in [0.1, 0.15) is 65.5 Å². The molecule has 1 fully saturated rings. The monoisotopic (exact) mass is 380 g/mol. The van der Waals surface area contributed by atoms with Gasteiger partial charge in [0.2, 0.25) is 0 Å². The molecule has 1 aromatic carbocycles. The fraction of sp³-hybridized carbons (Fsp3) is 0.409. The number of aliphatic imine (C=N–C) groups is 1. The van der Waals surface area contributed by atoms with E-state index in [2.05, 4.69) is 47.3 Å². The smallest absolute Gasteiger partial charge is 0.339 e. The number of nitrogens with zero attached hydrogens (tertiary/aromatic N) is 2. The van der Waals surface area contributed by atoms with Crippen molar-refractivity contribution in [2.24, 2.45) is 10.7 Å². The molecule has 28 heavy (non-hydrogen) atoms. The molecular weight excluding hydrogens is 352 g/mol. The standard InChI is InChI=1S/C22H28N4O2/c1-4-14-7-6-8-15(5-2)19(14)26-22(23)24-13-17-11-12-18(21(27)28-3)20(25-17)16-9-10-16/h6-8,11-12,16H,4-5,9-10,13H2,1-3H3,(H3,23,24,26). The zero-order valence-corrected chi connectivity index (χ0v) is 16.8. The van der Waals surface area contributed by atoms with E-state index in [0.29, 0.717) is 24.0 Å². The van der Waals surface area contributed by atoms with Crippen LogP contribution < -0.4 is 11.1 Å². The average molecular weight is 380 g/mol. The highest BCUT2D eigenvalue weighted by Crippen LogP contribution is 2.40. The number of hydrogen-bond acceptors (Lipinski definition) is 4. The number of para-hydroxylation sites is 1. The van der Waals surface area contributed by atoms with E-state index >= 15 is 0 Å². The number of aryl methyl sites for hydroxylation is 2. The molecule has 3 rings (SSSR count). The first-order valence-corrected chi connectivity index (χ1v) is 9.83. The molecule has 0 atom stereocenters. The molecule has 2 aromatic rings. The third-order valence-electron chi connectivity index (χ3n) is 5.02. The van der Waals surface area contributed by atoms with Crippen LogP contribution in [0.25, 0.3) is 0 Å². The molecule has 0 aliphatic heterocycles. The average Bonchev–Trinajstić information content (AvgIpc) is 3.57. The molecule has 0 radical (unpaired) electrons. The highest BCUT2D eigenvalue weighted by atomic mass is 16.5. The van der Waals surface area contributed by atoms with E-state index in [9.17, 15) is 4.79 Å². The number of guanidine groups is 1. The van der Waals surface area contributed by atoms with Crippen LogP contribution in [0.3, 0.4) is 0 Å². The van der Waals surface area contributed by atoms with Crippen molar-refractivity contribution in [2.45, 2.75) is 52.0 Å². The summed E-state index contributed by atoms with van der Waals surface area (Å²) >= 11 is 0. The molecule has 1 aliphatic carbocycles. The van der Waals surface area contributed by atoms with Crippen molar-refractivity contribution < 1.29 is 9.53 Å².